The standard InChI is InChI=1S/C43H27N3/c44-28-32-14-11-21-41(43(32)29-12-3-1-4-13-29)46-39-20-10-8-18-35(39)37-26-30(23-25-40(37)46)31-22-24-36-34-17-7-9-19-38(34)45(42(36)27-31)33-15-5-2-6-16-33/h1-27H. The van der Waals surface area contributed by atoms with Crippen LogP contribution in [0.1, 0.15) is 5.56 Å². The Hall–Kier alpha value is -6.37. The van der Waals surface area contributed by atoms with E-state index in [1.807, 2.05) is 30.3 Å². The zero-order valence-corrected chi connectivity index (χ0v) is 24.9. The number of benzene rings is 7. The van der Waals surface area contributed by atoms with Crippen molar-refractivity contribution in [2.24, 2.45) is 0 Å². The van der Waals surface area contributed by atoms with E-state index in [0.29, 0.717) is 5.56 Å². The van der Waals surface area contributed by atoms with Crippen LogP contribution in [0.5, 0.6) is 0 Å². The van der Waals surface area contributed by atoms with Crippen LogP contribution in [0.4, 0.5) is 0 Å². The van der Waals surface area contributed by atoms with E-state index in [4.69, 9.17) is 0 Å². The van der Waals surface area contributed by atoms with E-state index >= 15 is 0 Å². The molecule has 7 aromatic carbocycles. The average molecular weight is 586 g/mol. The van der Waals surface area contributed by atoms with Gasteiger partial charge in [0.05, 0.1) is 39.4 Å². The minimum Gasteiger partial charge on any atom is -0.309 e. The molecule has 0 saturated heterocycles. The molecule has 0 unspecified atom stereocenters. The number of nitriles is 1. The Morgan fingerprint density at radius 1 is 0.391 bits per heavy atom. The molecule has 0 bridgehead atoms. The summed E-state index contributed by atoms with van der Waals surface area (Å²) in [5.74, 6) is 0. The smallest absolute Gasteiger partial charge is 0.0998 e. The molecule has 2 heterocycles. The maximum atomic E-state index is 10.1. The summed E-state index contributed by atoms with van der Waals surface area (Å²) in [6.45, 7) is 0. The molecule has 3 nitrogen and oxygen atoms in total. The van der Waals surface area contributed by atoms with Crippen molar-refractivity contribution in [3.05, 3.63) is 169 Å². The SMILES string of the molecule is N#Cc1cccc(-n2c3ccccc3c3cc(-c4ccc5c6ccccc6n(-c6ccccc6)c5c4)ccc32)c1-c1ccccc1. The molecule has 214 valence electrons. The van der Waals surface area contributed by atoms with Crippen molar-refractivity contribution in [1.29, 1.82) is 5.26 Å². The van der Waals surface area contributed by atoms with Gasteiger partial charge in [-0.2, -0.15) is 5.26 Å². The van der Waals surface area contributed by atoms with Crippen LogP contribution in [0.15, 0.2) is 164 Å². The maximum Gasteiger partial charge on any atom is 0.0998 e. The Morgan fingerprint density at radius 2 is 0.978 bits per heavy atom. The minimum atomic E-state index is 0.661. The van der Waals surface area contributed by atoms with Crippen molar-refractivity contribution in [2.75, 3.05) is 0 Å². The van der Waals surface area contributed by atoms with E-state index < -0.39 is 0 Å². The average Bonchev–Trinajstić information content (AvgIpc) is 3.64. The summed E-state index contributed by atoms with van der Waals surface area (Å²) < 4.78 is 4.68. The Bertz CT molecular complexity index is 2630. The van der Waals surface area contributed by atoms with Crippen LogP contribution in [-0.2, 0) is 0 Å². The first kappa shape index (κ1) is 26.1. The Balaban J connectivity index is 1.29. The first-order valence-electron chi connectivity index (χ1n) is 15.5. The molecule has 0 radical (unpaired) electrons. The van der Waals surface area contributed by atoms with Gasteiger partial charge in [0, 0.05) is 32.8 Å². The third kappa shape index (κ3) is 3.91. The molecule has 46 heavy (non-hydrogen) atoms. The first-order valence-corrected chi connectivity index (χ1v) is 15.5. The monoisotopic (exact) mass is 585 g/mol. The van der Waals surface area contributed by atoms with Crippen molar-refractivity contribution >= 4 is 43.6 Å². The van der Waals surface area contributed by atoms with E-state index in [2.05, 4.69) is 149 Å². The van der Waals surface area contributed by atoms with Crippen molar-refractivity contribution in [1.82, 2.24) is 9.13 Å². The molecule has 9 aromatic rings. The fourth-order valence-electron chi connectivity index (χ4n) is 7.15. The van der Waals surface area contributed by atoms with Crippen LogP contribution in [0.25, 0.3) is 77.2 Å². The van der Waals surface area contributed by atoms with Gasteiger partial charge in [0.2, 0.25) is 0 Å². The molecule has 0 saturated carbocycles. The van der Waals surface area contributed by atoms with Gasteiger partial charge < -0.3 is 9.13 Å². The van der Waals surface area contributed by atoms with Gasteiger partial charge in [-0.25, -0.2) is 0 Å². The molecule has 0 aliphatic carbocycles. The second-order valence-electron chi connectivity index (χ2n) is 11.7. The summed E-state index contributed by atoms with van der Waals surface area (Å²) in [6, 6.07) is 60.1. The van der Waals surface area contributed by atoms with Crippen LogP contribution >= 0.6 is 0 Å². The van der Waals surface area contributed by atoms with Crippen molar-refractivity contribution < 1.29 is 0 Å². The van der Waals surface area contributed by atoms with E-state index in [0.717, 1.165) is 39.1 Å². The molecule has 0 amide bonds. The summed E-state index contributed by atoms with van der Waals surface area (Å²) in [7, 11) is 0. The summed E-state index contributed by atoms with van der Waals surface area (Å²) in [6.07, 6.45) is 0. The molecule has 9 rings (SSSR count). The van der Waals surface area contributed by atoms with Gasteiger partial charge in [0.15, 0.2) is 0 Å². The number of aromatic nitrogens is 2. The van der Waals surface area contributed by atoms with E-state index in [9.17, 15) is 5.26 Å². The summed E-state index contributed by atoms with van der Waals surface area (Å²) >= 11 is 0. The van der Waals surface area contributed by atoms with E-state index in [-0.39, 0.29) is 0 Å². The number of rotatable bonds is 4. The Kier molecular flexibility index (Phi) is 5.88. The van der Waals surface area contributed by atoms with Crippen LogP contribution in [-0.4, -0.2) is 9.13 Å². The van der Waals surface area contributed by atoms with Gasteiger partial charge in [0.25, 0.3) is 0 Å². The Labute approximate surface area is 266 Å². The Morgan fingerprint density at radius 3 is 1.74 bits per heavy atom. The number of hydrogen-bond donors (Lipinski definition) is 0. The van der Waals surface area contributed by atoms with Gasteiger partial charge >= 0.3 is 0 Å². The first-order chi connectivity index (χ1) is 22.8. The zero-order valence-electron chi connectivity index (χ0n) is 24.9. The number of para-hydroxylation sites is 3. The molecule has 3 heteroatoms. The highest BCUT2D eigenvalue weighted by Crippen LogP contribution is 2.40. The molecular formula is C43H27N3. The van der Waals surface area contributed by atoms with Crippen LogP contribution in [0.3, 0.4) is 0 Å². The normalized spacial score (nSPS) is 11.5. The topological polar surface area (TPSA) is 33.6 Å². The number of fused-ring (bicyclic) bond motifs is 6. The molecule has 0 spiro atoms. The predicted octanol–water partition coefficient (Wildman–Crippen LogP) is 11.1. The molecule has 2 aromatic heterocycles. The lowest BCUT2D eigenvalue weighted by Gasteiger charge is -2.15. The van der Waals surface area contributed by atoms with Crippen LogP contribution in [0, 0.1) is 11.3 Å². The predicted molar refractivity (Wildman–Crippen MR) is 191 cm³/mol. The molecule has 0 aliphatic rings. The molecule has 0 atom stereocenters. The zero-order chi connectivity index (χ0) is 30.6. The second-order valence-corrected chi connectivity index (χ2v) is 11.7. The molecular weight excluding hydrogens is 558 g/mol. The minimum absolute atomic E-state index is 0.661. The highest BCUT2D eigenvalue weighted by atomic mass is 15.0. The van der Waals surface area contributed by atoms with Gasteiger partial charge in [0.1, 0.15) is 0 Å². The molecule has 0 N–H and O–H groups in total. The number of nitrogens with zero attached hydrogens (tertiary/aromatic N) is 3. The maximum absolute atomic E-state index is 10.1. The molecule has 0 aliphatic heterocycles. The van der Waals surface area contributed by atoms with E-state index in [1.54, 1.807) is 0 Å². The van der Waals surface area contributed by atoms with Gasteiger partial charge in [-0.15, -0.1) is 0 Å². The largest absolute Gasteiger partial charge is 0.309 e. The quantitative estimate of drug-likeness (QED) is 0.202. The number of hydrogen-bond acceptors (Lipinski definition) is 1. The third-order valence-corrected chi connectivity index (χ3v) is 9.16. The van der Waals surface area contributed by atoms with Gasteiger partial charge in [-0.3, -0.25) is 0 Å². The van der Waals surface area contributed by atoms with Crippen molar-refractivity contribution in [3.8, 4) is 39.7 Å². The summed E-state index contributed by atoms with van der Waals surface area (Å²) in [5.41, 5.74) is 11.7. The fraction of sp³-hybridized carbons (Fsp3) is 0. The van der Waals surface area contributed by atoms with Gasteiger partial charge in [-0.1, -0.05) is 109 Å². The molecule has 0 fully saturated rings. The van der Waals surface area contributed by atoms with E-state index in [1.165, 1.54) is 38.1 Å². The van der Waals surface area contributed by atoms with Crippen LogP contribution in [0.2, 0.25) is 0 Å². The fourth-order valence-corrected chi connectivity index (χ4v) is 7.15. The second kappa shape index (κ2) is 10.4. The van der Waals surface area contributed by atoms with Crippen molar-refractivity contribution in [3.63, 3.8) is 0 Å². The summed E-state index contributed by atoms with van der Waals surface area (Å²) in [5, 5.41) is 15.0. The van der Waals surface area contributed by atoms with Crippen molar-refractivity contribution in [2.45, 2.75) is 0 Å². The lowest BCUT2D eigenvalue weighted by Crippen LogP contribution is -1.99. The lowest BCUT2D eigenvalue weighted by molar-refractivity contribution is 1.18. The summed E-state index contributed by atoms with van der Waals surface area (Å²) in [4.78, 5) is 0. The highest BCUT2D eigenvalue weighted by molar-refractivity contribution is 6.12. The highest BCUT2D eigenvalue weighted by Gasteiger charge is 2.19. The van der Waals surface area contributed by atoms with Gasteiger partial charge in [-0.05, 0) is 71.3 Å². The van der Waals surface area contributed by atoms with Crippen LogP contribution < -0.4 is 0 Å². The third-order valence-electron chi connectivity index (χ3n) is 9.16. The lowest BCUT2D eigenvalue weighted by atomic mass is 9.98.